The summed E-state index contributed by atoms with van der Waals surface area (Å²) < 4.78 is 5.34. The minimum absolute atomic E-state index is 0.135. The summed E-state index contributed by atoms with van der Waals surface area (Å²) in [5, 5.41) is 1.14. The number of pyridine rings is 1. The fourth-order valence-electron chi connectivity index (χ4n) is 2.93. The Morgan fingerprint density at radius 2 is 1.96 bits per heavy atom. The Labute approximate surface area is 155 Å². The SMILES string of the molecule is Cc1ccc(-c2nc(C(=O)N3CCOCC3)c3cccc(Cl)c3n2)cn1. The largest absolute Gasteiger partial charge is 0.378 e. The van der Waals surface area contributed by atoms with Crippen molar-refractivity contribution in [2.75, 3.05) is 26.3 Å². The fraction of sp³-hybridized carbons (Fsp3) is 0.263. The molecule has 1 saturated heterocycles. The third-order valence-electron chi connectivity index (χ3n) is 4.35. The molecule has 26 heavy (non-hydrogen) atoms. The number of hydrogen-bond donors (Lipinski definition) is 0. The van der Waals surface area contributed by atoms with E-state index in [0.717, 1.165) is 11.3 Å². The van der Waals surface area contributed by atoms with E-state index < -0.39 is 0 Å². The van der Waals surface area contributed by atoms with Gasteiger partial charge in [-0.25, -0.2) is 9.97 Å². The molecule has 1 aromatic carbocycles. The third-order valence-corrected chi connectivity index (χ3v) is 4.65. The van der Waals surface area contributed by atoms with Gasteiger partial charge in [-0.3, -0.25) is 9.78 Å². The van der Waals surface area contributed by atoms with Crippen molar-refractivity contribution < 1.29 is 9.53 Å². The zero-order valence-corrected chi connectivity index (χ0v) is 15.0. The maximum Gasteiger partial charge on any atom is 0.273 e. The van der Waals surface area contributed by atoms with E-state index >= 15 is 0 Å². The molecule has 0 bridgehead atoms. The lowest BCUT2D eigenvalue weighted by Crippen LogP contribution is -2.41. The van der Waals surface area contributed by atoms with Gasteiger partial charge in [0.2, 0.25) is 0 Å². The number of aromatic nitrogens is 3. The smallest absolute Gasteiger partial charge is 0.273 e. The van der Waals surface area contributed by atoms with E-state index in [0.29, 0.717) is 53.7 Å². The molecular weight excluding hydrogens is 352 g/mol. The molecule has 1 amide bonds. The van der Waals surface area contributed by atoms with Crippen molar-refractivity contribution in [2.45, 2.75) is 6.92 Å². The summed E-state index contributed by atoms with van der Waals surface area (Å²) in [6, 6.07) is 9.17. The van der Waals surface area contributed by atoms with Crippen LogP contribution in [-0.2, 0) is 4.74 Å². The molecule has 0 N–H and O–H groups in total. The number of halogens is 1. The van der Waals surface area contributed by atoms with Gasteiger partial charge in [0, 0.05) is 35.9 Å². The van der Waals surface area contributed by atoms with Gasteiger partial charge in [0.05, 0.1) is 23.8 Å². The summed E-state index contributed by atoms with van der Waals surface area (Å²) in [7, 11) is 0. The number of nitrogens with zero attached hydrogens (tertiary/aromatic N) is 4. The zero-order valence-electron chi connectivity index (χ0n) is 14.3. The molecule has 4 rings (SSSR count). The van der Waals surface area contributed by atoms with Crippen LogP contribution < -0.4 is 0 Å². The van der Waals surface area contributed by atoms with Gasteiger partial charge in [-0.1, -0.05) is 23.7 Å². The summed E-state index contributed by atoms with van der Waals surface area (Å²) in [6.07, 6.45) is 1.70. The Morgan fingerprint density at radius 3 is 2.69 bits per heavy atom. The van der Waals surface area contributed by atoms with Gasteiger partial charge in [0.25, 0.3) is 5.91 Å². The van der Waals surface area contributed by atoms with Gasteiger partial charge in [-0.15, -0.1) is 0 Å². The van der Waals surface area contributed by atoms with Crippen molar-refractivity contribution in [2.24, 2.45) is 0 Å². The number of benzene rings is 1. The highest BCUT2D eigenvalue weighted by atomic mass is 35.5. The van der Waals surface area contributed by atoms with Crippen LogP contribution in [0.4, 0.5) is 0 Å². The van der Waals surface area contributed by atoms with Crippen LogP contribution >= 0.6 is 11.6 Å². The molecule has 1 fully saturated rings. The van der Waals surface area contributed by atoms with Crippen LogP contribution in [0.5, 0.6) is 0 Å². The Bertz CT molecular complexity index is 969. The number of para-hydroxylation sites is 1. The number of carbonyl (C=O) groups is 1. The number of hydrogen-bond acceptors (Lipinski definition) is 5. The molecule has 0 atom stereocenters. The lowest BCUT2D eigenvalue weighted by Gasteiger charge is -2.27. The van der Waals surface area contributed by atoms with Crippen molar-refractivity contribution in [1.82, 2.24) is 19.9 Å². The summed E-state index contributed by atoms with van der Waals surface area (Å²) in [5.41, 5.74) is 2.57. The second-order valence-electron chi connectivity index (χ2n) is 6.12. The Morgan fingerprint density at radius 1 is 1.15 bits per heavy atom. The van der Waals surface area contributed by atoms with Crippen molar-refractivity contribution >= 4 is 28.4 Å². The lowest BCUT2D eigenvalue weighted by molar-refractivity contribution is 0.0300. The van der Waals surface area contributed by atoms with Gasteiger partial charge >= 0.3 is 0 Å². The molecule has 3 aromatic rings. The maximum absolute atomic E-state index is 13.1. The topological polar surface area (TPSA) is 68.2 Å². The van der Waals surface area contributed by atoms with Crippen molar-refractivity contribution in [3.63, 3.8) is 0 Å². The number of carbonyl (C=O) groups excluding carboxylic acids is 1. The highest BCUT2D eigenvalue weighted by Crippen LogP contribution is 2.27. The van der Waals surface area contributed by atoms with Gasteiger partial charge in [0.15, 0.2) is 5.82 Å². The van der Waals surface area contributed by atoms with Crippen molar-refractivity contribution in [1.29, 1.82) is 0 Å². The first-order valence-corrected chi connectivity index (χ1v) is 8.77. The van der Waals surface area contributed by atoms with Crippen LogP contribution in [0.2, 0.25) is 5.02 Å². The van der Waals surface area contributed by atoms with Gasteiger partial charge in [0.1, 0.15) is 5.69 Å². The Hall–Kier alpha value is -2.57. The average molecular weight is 369 g/mol. The van der Waals surface area contributed by atoms with E-state index in [9.17, 15) is 4.79 Å². The molecule has 6 nitrogen and oxygen atoms in total. The van der Waals surface area contributed by atoms with Crippen LogP contribution in [0.1, 0.15) is 16.2 Å². The second-order valence-corrected chi connectivity index (χ2v) is 6.53. The fourth-order valence-corrected chi connectivity index (χ4v) is 3.14. The molecule has 3 heterocycles. The summed E-state index contributed by atoms with van der Waals surface area (Å²) in [5.74, 6) is 0.305. The zero-order chi connectivity index (χ0) is 18.1. The highest BCUT2D eigenvalue weighted by Gasteiger charge is 2.24. The van der Waals surface area contributed by atoms with Crippen LogP contribution in [-0.4, -0.2) is 52.1 Å². The molecule has 1 aliphatic rings. The van der Waals surface area contributed by atoms with Crippen LogP contribution in [0.25, 0.3) is 22.3 Å². The van der Waals surface area contributed by atoms with E-state index in [1.54, 1.807) is 23.2 Å². The number of aryl methyl sites for hydroxylation is 1. The Kier molecular flexibility index (Phi) is 4.53. The van der Waals surface area contributed by atoms with Crippen molar-refractivity contribution in [3.05, 3.63) is 52.9 Å². The van der Waals surface area contributed by atoms with Gasteiger partial charge < -0.3 is 9.64 Å². The standard InChI is InChI=1S/C19H17ClN4O2/c1-12-5-6-13(11-21-12)18-22-16-14(3-2-4-15(16)20)17(23-18)19(25)24-7-9-26-10-8-24/h2-6,11H,7-10H2,1H3. The van der Waals surface area contributed by atoms with E-state index in [1.807, 2.05) is 25.1 Å². The minimum atomic E-state index is -0.135. The quantitative estimate of drug-likeness (QED) is 0.695. The Balaban J connectivity index is 1.88. The number of amides is 1. The van der Waals surface area contributed by atoms with Crippen LogP contribution in [0.3, 0.4) is 0 Å². The van der Waals surface area contributed by atoms with E-state index in [2.05, 4.69) is 15.0 Å². The molecule has 7 heteroatoms. The van der Waals surface area contributed by atoms with Crippen LogP contribution in [0.15, 0.2) is 36.5 Å². The summed E-state index contributed by atoms with van der Waals surface area (Å²) >= 11 is 6.35. The molecular formula is C19H17ClN4O2. The summed E-state index contributed by atoms with van der Waals surface area (Å²) in [6.45, 7) is 4.07. The van der Waals surface area contributed by atoms with E-state index in [1.165, 1.54) is 0 Å². The summed E-state index contributed by atoms with van der Waals surface area (Å²) in [4.78, 5) is 28.3. The number of morpholine rings is 1. The normalized spacial score (nSPS) is 14.6. The highest BCUT2D eigenvalue weighted by molar-refractivity contribution is 6.35. The van der Waals surface area contributed by atoms with Gasteiger partial charge in [-0.2, -0.15) is 0 Å². The predicted octanol–water partition coefficient (Wildman–Crippen LogP) is 3.13. The molecule has 0 unspecified atom stereocenters. The number of rotatable bonds is 2. The predicted molar refractivity (Wildman–Crippen MR) is 99.2 cm³/mol. The molecule has 0 radical (unpaired) electrons. The van der Waals surface area contributed by atoms with E-state index in [-0.39, 0.29) is 5.91 Å². The first-order chi connectivity index (χ1) is 12.6. The maximum atomic E-state index is 13.1. The molecule has 0 saturated carbocycles. The minimum Gasteiger partial charge on any atom is -0.378 e. The molecule has 132 valence electrons. The first kappa shape index (κ1) is 16.9. The second kappa shape index (κ2) is 6.97. The molecule has 0 spiro atoms. The monoisotopic (exact) mass is 368 g/mol. The first-order valence-electron chi connectivity index (χ1n) is 8.40. The van der Waals surface area contributed by atoms with Gasteiger partial charge in [-0.05, 0) is 25.1 Å². The lowest BCUT2D eigenvalue weighted by atomic mass is 10.1. The van der Waals surface area contributed by atoms with Crippen molar-refractivity contribution in [3.8, 4) is 11.4 Å². The molecule has 2 aromatic heterocycles. The average Bonchev–Trinajstić information content (AvgIpc) is 2.68. The molecule has 1 aliphatic heterocycles. The number of ether oxygens (including phenoxy) is 1. The van der Waals surface area contributed by atoms with E-state index in [4.69, 9.17) is 16.3 Å². The third kappa shape index (κ3) is 3.13. The molecule has 0 aliphatic carbocycles. The van der Waals surface area contributed by atoms with Crippen LogP contribution in [0, 0.1) is 6.92 Å². The number of fused-ring (bicyclic) bond motifs is 1.